The average molecular weight is 1800 g/mol. The first kappa shape index (κ1) is 103. The second kappa shape index (κ2) is 49.7. The number of phenols is 1. The van der Waals surface area contributed by atoms with Gasteiger partial charge in [-0.25, -0.2) is 4.39 Å². The van der Waals surface area contributed by atoms with Crippen molar-refractivity contribution < 1.29 is 96.1 Å². The number of likely N-dealkylation sites (N-methyl/N-ethyl adjacent to an activating group) is 3. The minimum Gasteiger partial charge on any atom is -0.508 e. The second-order valence-corrected chi connectivity index (χ2v) is 34.8. The molecule has 2 aliphatic heterocycles. The minimum atomic E-state index is -1.61. The van der Waals surface area contributed by atoms with Gasteiger partial charge in [0.2, 0.25) is 88.6 Å². The molecule has 5 aromatic rings. The predicted octanol–water partition coefficient (Wildman–Crippen LogP) is 1.68. The number of carboxylic acids is 1. The van der Waals surface area contributed by atoms with Crippen LogP contribution in [-0.4, -0.2) is 271 Å². The maximum Gasteiger partial charge on any atom is 0.305 e. The molecule has 0 spiro atoms. The normalized spacial score (nSPS) is 16.4. The molecule has 696 valence electrons. The topological polar surface area (TPSA) is 537 Å². The third-order valence-electron chi connectivity index (χ3n) is 22.7. The summed E-state index contributed by atoms with van der Waals surface area (Å²) in [5.74, 6) is -16.3. The van der Waals surface area contributed by atoms with Crippen molar-refractivity contribution in [2.24, 2.45) is 35.0 Å². The fourth-order valence-electron chi connectivity index (χ4n) is 15.7. The molecular formula is C90H124FN17O19S. The molecule has 13 atom stereocenters. The van der Waals surface area contributed by atoms with Crippen molar-refractivity contribution in [3.63, 3.8) is 0 Å². The fourth-order valence-corrected chi connectivity index (χ4v) is 16.5. The number of carbonyl (C=O) groups excluding carboxylic acids is 16. The molecule has 17 N–H and O–H groups in total. The summed E-state index contributed by atoms with van der Waals surface area (Å²) in [6, 6.07) is 8.83. The number of likely N-dealkylation sites (tertiary alicyclic amines) is 2. The van der Waals surface area contributed by atoms with Gasteiger partial charge in [0, 0.05) is 89.2 Å². The summed E-state index contributed by atoms with van der Waals surface area (Å²) in [5, 5.41) is 41.7. The van der Waals surface area contributed by atoms with Crippen molar-refractivity contribution in [3.8, 4) is 5.75 Å². The molecular weight excluding hydrogens is 1670 g/mol. The SMILES string of the molecule is CCCC[C@@H](C(=O)N1CCC[C@@H]1C(=O)N[C@H](C=O)CC(=O)O)N(C)C(=O)[C@H](Cc1ccccc1)N(C)C(=O)[C@H](Cc1ccc(F)cc1)NC(=O)CSC[C@H](NC(=O)[C@H](CC(C)C)NC(=O)[C@H](Cc1ccc(O)cc1)NC(=O)[C@H](Cc1c[nH]c2ccccc12)NC(=O)[C@H]1CCCCN1C(=O)[C@H](CCC(N)=O)NC(=O)[C@H](C(C)C)N(C)C(=O)[C@@H](N)C(C)C)C(=O)NCC(N)=O. The standard InChI is InChI=1S/C90H124FN17O19S/c1-11-12-25-71(89(126)108-39-20-27-70(108)83(120)97-59(48-109)45-76(114)115)104(8)88(125)72(43-54-21-14-13-15-22-54)105(9)86(123)67(42-55-28-32-58(91)33-29-55)98-75(113)50-128-49-68(79(116)96-47-74(93)112)103-80(117)64(40-51(2)3)100-81(118)65(41-56-30-34-60(110)35-31-56)101-82(119)66(44-57-46-95-62-24-17-16-23-61(57)62)102-84(121)69-26-18-19-38-107(69)87(124)63(36-37-73(92)111)99-85(122)78(53(6)7)106(10)90(127)77(94)52(4)5/h13-17,21-24,28-35,46,48,51-53,59,63-72,77-78,95,110H,11-12,18-20,25-27,36-45,47,49-50,94H2,1-10H3,(H2,92,111)(H2,93,112)(H,96,116)(H,97,120)(H,98,113)(H,99,122)(H,100,118)(H,101,119)(H,102,121)(H,103,117)(H,114,115)/t59-,63-,64-,65-,66-,67-,68-,69+,70+,71-,72-,77-,78-/m0/s1. The van der Waals surface area contributed by atoms with Gasteiger partial charge in [0.1, 0.15) is 84.3 Å². The first-order chi connectivity index (χ1) is 60.7. The van der Waals surface area contributed by atoms with E-state index in [1.165, 1.54) is 77.1 Å². The predicted molar refractivity (Wildman–Crippen MR) is 474 cm³/mol. The number of hydrogen-bond acceptors (Lipinski definition) is 20. The van der Waals surface area contributed by atoms with Crippen LogP contribution in [0.25, 0.3) is 10.9 Å². The molecule has 38 heteroatoms. The molecule has 2 saturated heterocycles. The zero-order chi connectivity index (χ0) is 94.3. The van der Waals surface area contributed by atoms with Crippen LogP contribution in [0.15, 0.2) is 109 Å². The highest BCUT2D eigenvalue weighted by Gasteiger charge is 2.45. The van der Waals surface area contributed by atoms with E-state index in [0.29, 0.717) is 65.3 Å². The number of nitrogens with one attached hydrogen (secondary N) is 9. The Labute approximate surface area is 748 Å². The summed E-state index contributed by atoms with van der Waals surface area (Å²) >= 11 is 0.787. The zero-order valence-electron chi connectivity index (χ0n) is 74.1. The van der Waals surface area contributed by atoms with Crippen molar-refractivity contribution >= 4 is 124 Å². The van der Waals surface area contributed by atoms with Gasteiger partial charge in [-0.2, -0.15) is 0 Å². The number of nitrogens with zero attached hydrogens (tertiary/aromatic N) is 5. The van der Waals surface area contributed by atoms with Crippen molar-refractivity contribution in [2.75, 3.05) is 52.3 Å². The van der Waals surface area contributed by atoms with E-state index in [4.69, 9.17) is 17.2 Å². The van der Waals surface area contributed by atoms with Gasteiger partial charge >= 0.3 is 5.97 Å². The lowest BCUT2D eigenvalue weighted by molar-refractivity contribution is -0.152. The van der Waals surface area contributed by atoms with E-state index in [1.807, 2.05) is 6.92 Å². The molecule has 2 fully saturated rings. The number of carbonyl (C=O) groups is 17. The van der Waals surface area contributed by atoms with Crippen LogP contribution in [0.5, 0.6) is 5.75 Å². The molecule has 3 heterocycles. The molecule has 128 heavy (non-hydrogen) atoms. The summed E-state index contributed by atoms with van der Waals surface area (Å²) in [4.78, 5) is 249. The number of amides is 15. The Morgan fingerprint density at radius 1 is 0.562 bits per heavy atom. The van der Waals surface area contributed by atoms with Crippen molar-refractivity contribution in [1.82, 2.24) is 72.0 Å². The Morgan fingerprint density at radius 2 is 1.12 bits per heavy atom. The number of unbranched alkanes of at least 4 members (excludes halogenated alkanes) is 1. The molecule has 0 saturated carbocycles. The number of H-pyrrole nitrogens is 1. The van der Waals surface area contributed by atoms with E-state index in [9.17, 15) is 67.3 Å². The molecule has 0 radical (unpaired) electrons. The molecule has 2 aliphatic rings. The molecule has 1 aromatic heterocycles. The third kappa shape index (κ3) is 30.2. The monoisotopic (exact) mass is 1800 g/mol. The Bertz CT molecular complexity index is 4710. The molecule has 0 unspecified atom stereocenters. The van der Waals surface area contributed by atoms with Crippen LogP contribution in [0.4, 0.5) is 4.39 Å². The molecule has 4 aromatic carbocycles. The van der Waals surface area contributed by atoms with Crippen LogP contribution in [0.2, 0.25) is 0 Å². The van der Waals surface area contributed by atoms with Crippen LogP contribution in [0, 0.1) is 23.6 Å². The van der Waals surface area contributed by atoms with E-state index < -0.39 is 209 Å². The summed E-state index contributed by atoms with van der Waals surface area (Å²) in [5.41, 5.74) is 19.9. The Hall–Kier alpha value is -12.3. The first-order valence-corrected chi connectivity index (χ1v) is 44.4. The van der Waals surface area contributed by atoms with Crippen LogP contribution in [0.1, 0.15) is 148 Å². The summed E-state index contributed by atoms with van der Waals surface area (Å²) < 4.78 is 14.5. The number of aromatic nitrogens is 1. The molecule has 7 rings (SSSR count). The smallest absolute Gasteiger partial charge is 0.305 e. The highest BCUT2D eigenvalue weighted by atomic mass is 32.2. The number of aliphatic carboxylic acids is 1. The number of aldehydes is 1. The van der Waals surface area contributed by atoms with E-state index in [-0.39, 0.29) is 101 Å². The van der Waals surface area contributed by atoms with Gasteiger partial charge in [0.05, 0.1) is 30.8 Å². The van der Waals surface area contributed by atoms with E-state index in [1.54, 1.807) is 102 Å². The number of aromatic amines is 1. The summed E-state index contributed by atoms with van der Waals surface area (Å²) in [6.07, 6.45) is 2.11. The number of rotatable bonds is 49. The van der Waals surface area contributed by atoms with Gasteiger partial charge in [-0.1, -0.05) is 134 Å². The number of halogens is 1. The second-order valence-electron chi connectivity index (χ2n) is 33.8. The van der Waals surface area contributed by atoms with Gasteiger partial charge < -0.3 is 104 Å². The largest absolute Gasteiger partial charge is 0.508 e. The van der Waals surface area contributed by atoms with Crippen LogP contribution < -0.4 is 59.7 Å². The molecule has 0 aliphatic carbocycles. The van der Waals surface area contributed by atoms with Gasteiger partial charge in [-0.15, -0.1) is 11.8 Å². The minimum absolute atomic E-state index is 0.00589. The number of piperidine rings is 1. The van der Waals surface area contributed by atoms with Gasteiger partial charge in [0.25, 0.3) is 0 Å². The molecule has 0 bridgehead atoms. The van der Waals surface area contributed by atoms with Crippen LogP contribution >= 0.6 is 11.8 Å². The Kier molecular flexibility index (Phi) is 39.9. The maximum atomic E-state index is 15.4. The molecule has 15 amide bonds. The molecule has 36 nitrogen and oxygen atoms in total. The van der Waals surface area contributed by atoms with Crippen LogP contribution in [0.3, 0.4) is 0 Å². The number of fused-ring (bicyclic) bond motifs is 1. The summed E-state index contributed by atoms with van der Waals surface area (Å²) in [6.45, 7) is 11.6. The maximum absolute atomic E-state index is 15.4. The summed E-state index contributed by atoms with van der Waals surface area (Å²) in [7, 11) is 4.17. The number of hydrogen-bond donors (Lipinski definition) is 14. The quantitative estimate of drug-likeness (QED) is 0.0246. The lowest BCUT2D eigenvalue weighted by Gasteiger charge is -2.38. The van der Waals surface area contributed by atoms with Gasteiger partial charge in [0.15, 0.2) is 0 Å². The number of benzene rings is 4. The zero-order valence-corrected chi connectivity index (χ0v) is 75.0. The van der Waals surface area contributed by atoms with E-state index >= 15 is 28.8 Å². The first-order valence-electron chi connectivity index (χ1n) is 43.2. The average Bonchev–Trinajstić information content (AvgIpc) is 1.29. The fraction of sp³-hybridized carbons (Fsp3) is 0.522. The highest BCUT2D eigenvalue weighted by Crippen LogP contribution is 2.28. The van der Waals surface area contributed by atoms with Crippen LogP contribution in [-0.2, 0) is 107 Å². The number of phenolic OH excluding ortho intramolecular Hbond substituents is 1. The number of primary amides is 2. The van der Waals surface area contributed by atoms with Crippen molar-refractivity contribution in [3.05, 3.63) is 137 Å². The Morgan fingerprint density at radius 3 is 1.73 bits per heavy atom. The third-order valence-corrected chi connectivity index (χ3v) is 23.8. The number of nitrogens with two attached hydrogens (primary N) is 3. The van der Waals surface area contributed by atoms with Crippen molar-refractivity contribution in [1.29, 1.82) is 0 Å². The van der Waals surface area contributed by atoms with E-state index in [0.717, 1.165) is 28.8 Å². The Balaban J connectivity index is 1.14. The number of carboxylic acid groups (broad SMARTS) is 1. The van der Waals surface area contributed by atoms with Gasteiger partial charge in [-0.05, 0) is 122 Å². The highest BCUT2D eigenvalue weighted by molar-refractivity contribution is 8.00. The van der Waals surface area contributed by atoms with E-state index in [2.05, 4.69) is 47.5 Å². The lowest BCUT2D eigenvalue weighted by Crippen LogP contribution is -2.62. The van der Waals surface area contributed by atoms with Gasteiger partial charge in [-0.3, -0.25) is 76.7 Å². The lowest BCUT2D eigenvalue weighted by atomic mass is 9.96. The number of para-hydroxylation sites is 1. The van der Waals surface area contributed by atoms with Crippen molar-refractivity contribution in [2.45, 2.75) is 230 Å². The number of aromatic hydroxyl groups is 1. The number of thioether (sulfide) groups is 1.